The first-order chi connectivity index (χ1) is 12.1. The summed E-state index contributed by atoms with van der Waals surface area (Å²) in [5, 5.41) is 10.0. The maximum atomic E-state index is 8.97. The first-order valence-electron chi connectivity index (χ1n) is 8.15. The van der Waals surface area contributed by atoms with Gasteiger partial charge < -0.3 is 9.84 Å². The van der Waals surface area contributed by atoms with Crippen molar-refractivity contribution < 1.29 is 9.84 Å². The average Bonchev–Trinajstić information content (AvgIpc) is 2.64. The van der Waals surface area contributed by atoms with Crippen LogP contribution in [0.4, 0.5) is 0 Å². The highest BCUT2D eigenvalue weighted by atomic mass is 16.5. The highest BCUT2D eigenvalue weighted by molar-refractivity contribution is 5.81. The molecule has 0 bridgehead atoms. The molecule has 1 unspecified atom stereocenters. The van der Waals surface area contributed by atoms with Gasteiger partial charge in [0.05, 0.1) is 23.9 Å². The minimum atomic E-state index is -0.182. The summed E-state index contributed by atoms with van der Waals surface area (Å²) in [6.45, 7) is 3.85. The number of para-hydroxylation sites is 1. The molecule has 0 saturated heterocycles. The smallest absolute Gasteiger partial charge is 0.134 e. The van der Waals surface area contributed by atoms with E-state index in [-0.39, 0.29) is 12.5 Å². The van der Waals surface area contributed by atoms with Gasteiger partial charge in [-0.1, -0.05) is 43.0 Å². The molecule has 0 aliphatic carbocycles. The maximum Gasteiger partial charge on any atom is 0.134 e. The number of aliphatic hydroxyl groups is 1. The quantitative estimate of drug-likeness (QED) is 0.747. The SMILES string of the molecule is COc1ccc(C(C)c2nc(C)nc3ccccc23)cc1C#CCO. The number of benzene rings is 2. The molecular weight excluding hydrogens is 312 g/mol. The number of ether oxygens (including phenoxy) is 1. The van der Waals surface area contributed by atoms with Gasteiger partial charge in [0.2, 0.25) is 0 Å². The summed E-state index contributed by atoms with van der Waals surface area (Å²) >= 11 is 0. The van der Waals surface area contributed by atoms with Gasteiger partial charge in [-0.15, -0.1) is 0 Å². The number of hydrogen-bond acceptors (Lipinski definition) is 4. The summed E-state index contributed by atoms with van der Waals surface area (Å²) in [7, 11) is 1.61. The van der Waals surface area contributed by atoms with Crippen molar-refractivity contribution in [3.8, 4) is 17.6 Å². The van der Waals surface area contributed by atoms with E-state index in [0.717, 1.165) is 33.5 Å². The molecule has 0 spiro atoms. The molecule has 1 aromatic heterocycles. The normalized spacial score (nSPS) is 11.7. The van der Waals surface area contributed by atoms with Gasteiger partial charge >= 0.3 is 0 Å². The zero-order valence-corrected chi connectivity index (χ0v) is 14.6. The highest BCUT2D eigenvalue weighted by Crippen LogP contribution is 2.31. The van der Waals surface area contributed by atoms with Gasteiger partial charge in [0.25, 0.3) is 0 Å². The van der Waals surface area contributed by atoms with E-state index in [4.69, 9.17) is 14.8 Å². The van der Waals surface area contributed by atoms with Crippen molar-refractivity contribution in [2.75, 3.05) is 13.7 Å². The molecule has 3 aromatic rings. The monoisotopic (exact) mass is 332 g/mol. The Labute approximate surface area is 147 Å². The van der Waals surface area contributed by atoms with Crippen molar-refractivity contribution in [1.82, 2.24) is 9.97 Å². The summed E-state index contributed by atoms with van der Waals surface area (Å²) < 4.78 is 5.36. The Morgan fingerprint density at radius 2 is 1.96 bits per heavy atom. The first-order valence-corrected chi connectivity index (χ1v) is 8.15. The molecule has 0 amide bonds. The van der Waals surface area contributed by atoms with E-state index in [1.807, 2.05) is 43.3 Å². The summed E-state index contributed by atoms with van der Waals surface area (Å²) in [6, 6.07) is 14.0. The van der Waals surface area contributed by atoms with Gasteiger partial charge in [-0.05, 0) is 30.7 Å². The molecule has 0 aliphatic rings. The topological polar surface area (TPSA) is 55.2 Å². The van der Waals surface area contributed by atoms with Gasteiger partial charge in [-0.3, -0.25) is 0 Å². The average molecular weight is 332 g/mol. The zero-order valence-electron chi connectivity index (χ0n) is 14.6. The Morgan fingerprint density at radius 1 is 1.16 bits per heavy atom. The molecule has 25 heavy (non-hydrogen) atoms. The van der Waals surface area contributed by atoms with E-state index in [1.54, 1.807) is 7.11 Å². The van der Waals surface area contributed by atoms with Crippen molar-refractivity contribution in [2.45, 2.75) is 19.8 Å². The van der Waals surface area contributed by atoms with Gasteiger partial charge in [-0.2, -0.15) is 0 Å². The number of aliphatic hydroxyl groups excluding tert-OH is 1. The number of aryl methyl sites for hydroxylation is 1. The molecule has 1 atom stereocenters. The first kappa shape index (κ1) is 16.9. The number of methoxy groups -OCH3 is 1. The summed E-state index contributed by atoms with van der Waals surface area (Å²) in [4.78, 5) is 9.21. The third kappa shape index (κ3) is 3.47. The second-order valence-electron chi connectivity index (χ2n) is 5.81. The lowest BCUT2D eigenvalue weighted by atomic mass is 9.93. The Bertz CT molecular complexity index is 971. The molecule has 1 heterocycles. The summed E-state index contributed by atoms with van der Waals surface area (Å²) in [6.07, 6.45) is 0. The number of hydrogen-bond donors (Lipinski definition) is 1. The number of aromatic nitrogens is 2. The van der Waals surface area contributed by atoms with Crippen LogP contribution in [0.1, 0.15) is 35.5 Å². The van der Waals surface area contributed by atoms with E-state index >= 15 is 0 Å². The third-order valence-corrected chi connectivity index (χ3v) is 4.18. The fourth-order valence-corrected chi connectivity index (χ4v) is 2.94. The summed E-state index contributed by atoms with van der Waals surface area (Å²) in [5.41, 5.74) is 3.79. The maximum absolute atomic E-state index is 8.97. The molecule has 0 radical (unpaired) electrons. The Hall–Kier alpha value is -2.90. The molecule has 3 rings (SSSR count). The molecule has 0 saturated carbocycles. The van der Waals surface area contributed by atoms with Crippen LogP contribution in [0.2, 0.25) is 0 Å². The molecule has 0 aliphatic heterocycles. The fourth-order valence-electron chi connectivity index (χ4n) is 2.94. The van der Waals surface area contributed by atoms with Crippen LogP contribution in [-0.2, 0) is 0 Å². The Balaban J connectivity index is 2.11. The summed E-state index contributed by atoms with van der Waals surface area (Å²) in [5.74, 6) is 7.17. The molecule has 4 heteroatoms. The minimum Gasteiger partial charge on any atom is -0.495 e. The van der Waals surface area contributed by atoms with Crippen LogP contribution in [0.3, 0.4) is 0 Å². The lowest BCUT2D eigenvalue weighted by Gasteiger charge is -2.16. The second kappa shape index (κ2) is 7.33. The molecule has 126 valence electrons. The van der Waals surface area contributed by atoms with Crippen molar-refractivity contribution >= 4 is 10.9 Å². The van der Waals surface area contributed by atoms with Crippen LogP contribution in [0, 0.1) is 18.8 Å². The molecule has 4 nitrogen and oxygen atoms in total. The number of rotatable bonds is 3. The fraction of sp³-hybridized carbons (Fsp3) is 0.238. The van der Waals surface area contributed by atoms with Gasteiger partial charge in [-0.25, -0.2) is 9.97 Å². The van der Waals surface area contributed by atoms with E-state index in [0.29, 0.717) is 5.75 Å². The van der Waals surface area contributed by atoms with Crippen molar-refractivity contribution in [3.05, 3.63) is 65.1 Å². The van der Waals surface area contributed by atoms with E-state index in [1.165, 1.54) is 0 Å². The largest absolute Gasteiger partial charge is 0.495 e. The molecule has 2 aromatic carbocycles. The molecule has 1 N–H and O–H groups in total. The van der Waals surface area contributed by atoms with Crippen LogP contribution in [-0.4, -0.2) is 28.8 Å². The lowest BCUT2D eigenvalue weighted by molar-refractivity contribution is 0.350. The predicted molar refractivity (Wildman–Crippen MR) is 98.7 cm³/mol. The van der Waals surface area contributed by atoms with Gasteiger partial charge in [0, 0.05) is 11.3 Å². The van der Waals surface area contributed by atoms with Gasteiger partial charge in [0.1, 0.15) is 18.2 Å². The van der Waals surface area contributed by atoms with Crippen molar-refractivity contribution in [3.63, 3.8) is 0 Å². The third-order valence-electron chi connectivity index (χ3n) is 4.18. The Kier molecular flexibility index (Phi) is 4.97. The predicted octanol–water partition coefficient (Wildman–Crippen LogP) is 3.44. The van der Waals surface area contributed by atoms with Crippen LogP contribution < -0.4 is 4.74 Å². The molecular formula is C21H20N2O2. The molecule has 0 fully saturated rings. The highest BCUT2D eigenvalue weighted by Gasteiger charge is 2.16. The minimum absolute atomic E-state index is 0.0761. The van der Waals surface area contributed by atoms with Crippen molar-refractivity contribution in [2.24, 2.45) is 0 Å². The second-order valence-corrected chi connectivity index (χ2v) is 5.81. The zero-order chi connectivity index (χ0) is 17.8. The van der Waals surface area contributed by atoms with E-state index in [2.05, 4.69) is 29.8 Å². The van der Waals surface area contributed by atoms with E-state index < -0.39 is 0 Å². The number of fused-ring (bicyclic) bond motifs is 1. The standard InChI is InChI=1S/C21H20N2O2/c1-14(16-10-11-20(25-3)17(13-16)7-6-12-24)21-18-8-4-5-9-19(18)22-15(2)23-21/h4-5,8-11,13-14,24H,12H2,1-3H3. The number of nitrogens with zero attached hydrogens (tertiary/aromatic N) is 2. The Morgan fingerprint density at radius 3 is 2.72 bits per heavy atom. The van der Waals surface area contributed by atoms with Gasteiger partial charge in [0.15, 0.2) is 0 Å². The van der Waals surface area contributed by atoms with Crippen molar-refractivity contribution in [1.29, 1.82) is 0 Å². The van der Waals surface area contributed by atoms with Crippen LogP contribution in [0.5, 0.6) is 5.75 Å². The van der Waals surface area contributed by atoms with Crippen LogP contribution >= 0.6 is 0 Å². The van der Waals surface area contributed by atoms with E-state index in [9.17, 15) is 0 Å². The van der Waals surface area contributed by atoms with Crippen LogP contribution in [0.15, 0.2) is 42.5 Å². The van der Waals surface area contributed by atoms with Crippen LogP contribution in [0.25, 0.3) is 10.9 Å². The lowest BCUT2D eigenvalue weighted by Crippen LogP contribution is -2.04.